The molecule has 0 unspecified atom stereocenters. The summed E-state index contributed by atoms with van der Waals surface area (Å²) in [5.41, 5.74) is 1.44. The topological polar surface area (TPSA) is 73.9 Å². The Labute approximate surface area is 148 Å². The van der Waals surface area contributed by atoms with Crippen LogP contribution in [0.15, 0.2) is 12.1 Å². The molecule has 0 spiro atoms. The Kier molecular flexibility index (Phi) is 5.30. The Morgan fingerprint density at radius 3 is 2.60 bits per heavy atom. The van der Waals surface area contributed by atoms with Gasteiger partial charge in [-0.15, -0.1) is 0 Å². The maximum atomic E-state index is 11.8. The van der Waals surface area contributed by atoms with E-state index in [9.17, 15) is 9.59 Å². The van der Waals surface area contributed by atoms with Gasteiger partial charge in [0.1, 0.15) is 5.60 Å². The van der Waals surface area contributed by atoms with Crippen molar-refractivity contribution in [2.24, 2.45) is 0 Å². The molecule has 0 aromatic heterocycles. The first-order chi connectivity index (χ1) is 11.6. The van der Waals surface area contributed by atoms with Crippen molar-refractivity contribution in [3.05, 3.63) is 23.3 Å². The molecule has 2 rings (SSSR count). The van der Waals surface area contributed by atoms with Crippen LogP contribution in [0.2, 0.25) is 0 Å². The fraction of sp³-hybridized carbons (Fsp3) is 0.579. The molecule has 25 heavy (non-hydrogen) atoms. The average Bonchev–Trinajstić information content (AvgIpc) is 2.85. The van der Waals surface area contributed by atoms with Crippen LogP contribution in [0.5, 0.6) is 11.5 Å². The quantitative estimate of drug-likeness (QED) is 0.652. The number of carbonyl (C=O) groups excluding carboxylic acids is 2. The van der Waals surface area contributed by atoms with Gasteiger partial charge in [0.05, 0.1) is 13.7 Å². The van der Waals surface area contributed by atoms with Gasteiger partial charge >= 0.3 is 11.9 Å². The molecule has 0 atom stereocenters. The van der Waals surface area contributed by atoms with Gasteiger partial charge in [-0.05, 0) is 32.4 Å². The highest BCUT2D eigenvalue weighted by Gasteiger charge is 2.35. The summed E-state index contributed by atoms with van der Waals surface area (Å²) in [7, 11) is 1.61. The van der Waals surface area contributed by atoms with E-state index < -0.39 is 17.3 Å². The molecule has 138 valence electrons. The van der Waals surface area contributed by atoms with Crippen LogP contribution in [0.1, 0.15) is 45.7 Å². The standard InChI is InChI=1S/C19H27NO5/c1-7-24-17(22)16(21)20-11-18(2,3)13-8-12-10-19(4,5)25-15(12)14(9-13)23-6/h8-9H,7,10-11H2,1-6H3,(H,20,21). The van der Waals surface area contributed by atoms with Crippen LogP contribution in [0.4, 0.5) is 0 Å². The van der Waals surface area contributed by atoms with Crippen molar-refractivity contribution in [1.82, 2.24) is 5.32 Å². The number of nitrogens with one attached hydrogen (secondary N) is 1. The molecule has 0 fully saturated rings. The summed E-state index contributed by atoms with van der Waals surface area (Å²) in [4.78, 5) is 23.2. The van der Waals surface area contributed by atoms with Crippen LogP contribution >= 0.6 is 0 Å². The molecule has 0 bridgehead atoms. The summed E-state index contributed by atoms with van der Waals surface area (Å²) in [5.74, 6) is -0.127. The SMILES string of the molecule is CCOC(=O)C(=O)NCC(C)(C)c1cc2c(c(OC)c1)OC(C)(C)C2. The van der Waals surface area contributed by atoms with Crippen molar-refractivity contribution in [2.45, 2.75) is 52.1 Å². The molecule has 6 nitrogen and oxygen atoms in total. The third-order valence-electron chi connectivity index (χ3n) is 4.28. The number of amides is 1. The number of carbonyl (C=O) groups is 2. The molecule has 1 aromatic carbocycles. The number of esters is 1. The van der Waals surface area contributed by atoms with Crippen LogP contribution in [0.25, 0.3) is 0 Å². The van der Waals surface area contributed by atoms with Gasteiger partial charge in [-0.25, -0.2) is 4.79 Å². The minimum absolute atomic E-state index is 0.174. The zero-order chi connectivity index (χ0) is 18.8. The zero-order valence-electron chi connectivity index (χ0n) is 15.8. The van der Waals surface area contributed by atoms with E-state index in [2.05, 4.69) is 11.4 Å². The molecule has 6 heteroatoms. The van der Waals surface area contributed by atoms with Gasteiger partial charge in [0.2, 0.25) is 0 Å². The summed E-state index contributed by atoms with van der Waals surface area (Å²) >= 11 is 0. The number of ether oxygens (including phenoxy) is 3. The Balaban J connectivity index is 2.20. The molecule has 1 aliphatic rings. The van der Waals surface area contributed by atoms with Crippen molar-refractivity contribution in [3.63, 3.8) is 0 Å². The summed E-state index contributed by atoms with van der Waals surface area (Å²) in [6.45, 7) is 10.2. The molecular weight excluding hydrogens is 322 g/mol. The van der Waals surface area contributed by atoms with E-state index in [4.69, 9.17) is 14.2 Å². The highest BCUT2D eigenvalue weighted by atomic mass is 16.5. The third-order valence-corrected chi connectivity index (χ3v) is 4.28. The highest BCUT2D eigenvalue weighted by Crippen LogP contribution is 2.44. The largest absolute Gasteiger partial charge is 0.493 e. The molecular formula is C19H27NO5. The molecule has 1 aliphatic heterocycles. The average molecular weight is 349 g/mol. The Bertz CT molecular complexity index is 679. The van der Waals surface area contributed by atoms with E-state index in [1.54, 1.807) is 14.0 Å². The van der Waals surface area contributed by atoms with Gasteiger partial charge in [-0.3, -0.25) is 4.79 Å². The second kappa shape index (κ2) is 6.94. The first-order valence-corrected chi connectivity index (χ1v) is 8.45. The van der Waals surface area contributed by atoms with E-state index >= 15 is 0 Å². The molecule has 0 saturated carbocycles. The Morgan fingerprint density at radius 2 is 2.00 bits per heavy atom. The molecule has 0 radical (unpaired) electrons. The number of methoxy groups -OCH3 is 1. The first-order valence-electron chi connectivity index (χ1n) is 8.45. The number of rotatable bonds is 5. The number of hydrogen-bond acceptors (Lipinski definition) is 5. The molecule has 1 heterocycles. The fourth-order valence-corrected chi connectivity index (χ4v) is 2.89. The maximum absolute atomic E-state index is 11.8. The molecule has 0 saturated heterocycles. The van der Waals surface area contributed by atoms with Crippen LogP contribution < -0.4 is 14.8 Å². The minimum Gasteiger partial charge on any atom is -0.493 e. The van der Waals surface area contributed by atoms with Gasteiger partial charge < -0.3 is 19.5 Å². The summed E-state index contributed by atoms with van der Waals surface area (Å²) in [6.07, 6.45) is 0.789. The third kappa shape index (κ3) is 4.24. The first kappa shape index (κ1) is 19.1. The zero-order valence-corrected chi connectivity index (χ0v) is 15.8. The predicted octanol–water partition coefficient (Wildman–Crippen LogP) is 2.37. The fourth-order valence-electron chi connectivity index (χ4n) is 2.89. The van der Waals surface area contributed by atoms with Crippen molar-refractivity contribution >= 4 is 11.9 Å². The lowest BCUT2D eigenvalue weighted by Crippen LogP contribution is -2.40. The summed E-state index contributed by atoms with van der Waals surface area (Å²) in [6, 6.07) is 4.01. The van der Waals surface area contributed by atoms with Crippen LogP contribution in [0.3, 0.4) is 0 Å². The maximum Gasteiger partial charge on any atom is 0.396 e. The van der Waals surface area contributed by atoms with Gasteiger partial charge in [-0.2, -0.15) is 0 Å². The molecule has 1 aromatic rings. The van der Waals surface area contributed by atoms with E-state index in [0.717, 1.165) is 23.3 Å². The van der Waals surface area contributed by atoms with Crippen molar-refractivity contribution in [1.29, 1.82) is 0 Å². The van der Waals surface area contributed by atoms with E-state index in [-0.39, 0.29) is 12.2 Å². The second-order valence-corrected chi connectivity index (χ2v) is 7.49. The lowest BCUT2D eigenvalue weighted by atomic mass is 9.83. The minimum atomic E-state index is -0.861. The second-order valence-electron chi connectivity index (χ2n) is 7.49. The monoisotopic (exact) mass is 349 g/mol. The summed E-state index contributed by atoms with van der Waals surface area (Å²) in [5, 5.41) is 2.64. The van der Waals surface area contributed by atoms with Gasteiger partial charge in [0.25, 0.3) is 0 Å². The van der Waals surface area contributed by atoms with Crippen molar-refractivity contribution in [2.75, 3.05) is 20.3 Å². The van der Waals surface area contributed by atoms with Crippen molar-refractivity contribution < 1.29 is 23.8 Å². The molecule has 1 N–H and O–H groups in total. The van der Waals surface area contributed by atoms with Crippen LogP contribution in [-0.2, 0) is 26.2 Å². The highest BCUT2D eigenvalue weighted by molar-refractivity contribution is 6.32. The predicted molar refractivity (Wildman–Crippen MR) is 94.1 cm³/mol. The van der Waals surface area contributed by atoms with Gasteiger partial charge in [-0.1, -0.05) is 19.9 Å². The van der Waals surface area contributed by atoms with Gasteiger partial charge in [0, 0.05) is 23.9 Å². The van der Waals surface area contributed by atoms with Crippen molar-refractivity contribution in [3.8, 4) is 11.5 Å². The number of fused-ring (bicyclic) bond motifs is 1. The van der Waals surface area contributed by atoms with Gasteiger partial charge in [0.15, 0.2) is 11.5 Å². The summed E-state index contributed by atoms with van der Waals surface area (Å²) < 4.78 is 16.2. The van der Waals surface area contributed by atoms with Crippen LogP contribution in [0, 0.1) is 0 Å². The van der Waals surface area contributed by atoms with Crippen LogP contribution in [-0.4, -0.2) is 37.7 Å². The molecule has 0 aliphatic carbocycles. The smallest absolute Gasteiger partial charge is 0.396 e. The number of hydrogen-bond donors (Lipinski definition) is 1. The lowest BCUT2D eigenvalue weighted by Gasteiger charge is -2.26. The Morgan fingerprint density at radius 1 is 1.32 bits per heavy atom. The Hall–Kier alpha value is -2.24. The van der Waals surface area contributed by atoms with E-state index in [0.29, 0.717) is 12.3 Å². The lowest BCUT2D eigenvalue weighted by molar-refractivity contribution is -0.154. The molecule has 1 amide bonds. The normalized spacial score (nSPS) is 15.1. The number of benzene rings is 1. The van der Waals surface area contributed by atoms with E-state index in [1.807, 2.05) is 33.8 Å². The van der Waals surface area contributed by atoms with E-state index in [1.165, 1.54) is 0 Å².